The van der Waals surface area contributed by atoms with E-state index < -0.39 is 0 Å². The molecule has 1 aliphatic carbocycles. The van der Waals surface area contributed by atoms with Gasteiger partial charge >= 0.3 is 0 Å². The Labute approximate surface area is 83.9 Å². The number of aromatic nitrogens is 2. The molecule has 0 saturated heterocycles. The summed E-state index contributed by atoms with van der Waals surface area (Å²) in [5.41, 5.74) is 6.80. The molecule has 14 heavy (non-hydrogen) atoms. The van der Waals surface area contributed by atoms with Gasteiger partial charge in [0.25, 0.3) is 0 Å². The molecule has 1 unspecified atom stereocenters. The molecule has 1 atom stereocenters. The van der Waals surface area contributed by atoms with Crippen LogP contribution in [0.3, 0.4) is 0 Å². The Morgan fingerprint density at radius 2 is 2.36 bits per heavy atom. The first-order valence-electron chi connectivity index (χ1n) is 5.07. The minimum Gasteiger partial charge on any atom is -0.368 e. The highest BCUT2D eigenvalue weighted by Gasteiger charge is 2.25. The summed E-state index contributed by atoms with van der Waals surface area (Å²) in [7, 11) is 0. The number of nitrogens with zero attached hydrogens (tertiary/aromatic N) is 2. The van der Waals surface area contributed by atoms with Crippen LogP contribution in [0.2, 0.25) is 0 Å². The van der Waals surface area contributed by atoms with Crippen LogP contribution in [-0.4, -0.2) is 22.6 Å². The number of nitrogens with one attached hydrogen (secondary N) is 1. The van der Waals surface area contributed by atoms with Crippen LogP contribution in [0, 0.1) is 0 Å². The standard InChI is InChI=1S/C10H16N4/c1-7(11)5-12-10-4-9(8-2-3-8)13-6-14-10/h4,6-8H,2-3,5,11H2,1H3,(H,12,13,14). The van der Waals surface area contributed by atoms with Crippen LogP contribution in [0.1, 0.15) is 31.4 Å². The van der Waals surface area contributed by atoms with E-state index >= 15 is 0 Å². The zero-order chi connectivity index (χ0) is 9.97. The average Bonchev–Trinajstić information content (AvgIpc) is 2.98. The lowest BCUT2D eigenvalue weighted by molar-refractivity contribution is 0.776. The van der Waals surface area contributed by atoms with Crippen LogP contribution in [0.25, 0.3) is 0 Å². The van der Waals surface area contributed by atoms with E-state index in [0.29, 0.717) is 5.92 Å². The molecule has 76 valence electrons. The second kappa shape index (κ2) is 3.92. The topological polar surface area (TPSA) is 63.8 Å². The van der Waals surface area contributed by atoms with E-state index in [1.54, 1.807) is 6.33 Å². The Kier molecular flexibility index (Phi) is 2.63. The second-order valence-corrected chi connectivity index (χ2v) is 3.96. The predicted octanol–water partition coefficient (Wildman–Crippen LogP) is 1.11. The van der Waals surface area contributed by atoms with Crippen molar-refractivity contribution in [3.63, 3.8) is 0 Å². The zero-order valence-corrected chi connectivity index (χ0v) is 8.40. The van der Waals surface area contributed by atoms with Crippen molar-refractivity contribution < 1.29 is 0 Å². The van der Waals surface area contributed by atoms with Crippen LogP contribution in [0.15, 0.2) is 12.4 Å². The molecule has 0 amide bonds. The Hall–Kier alpha value is -1.16. The van der Waals surface area contributed by atoms with Gasteiger partial charge in [0.2, 0.25) is 0 Å². The van der Waals surface area contributed by atoms with E-state index in [1.165, 1.54) is 12.8 Å². The summed E-state index contributed by atoms with van der Waals surface area (Å²) in [6, 6.07) is 2.18. The molecule has 0 spiro atoms. The fourth-order valence-electron chi connectivity index (χ4n) is 1.34. The number of rotatable bonds is 4. The SMILES string of the molecule is CC(N)CNc1cc(C2CC2)ncn1. The summed E-state index contributed by atoms with van der Waals surface area (Å²) in [5.74, 6) is 1.56. The van der Waals surface area contributed by atoms with Gasteiger partial charge in [-0.3, -0.25) is 0 Å². The first-order chi connectivity index (χ1) is 6.75. The average molecular weight is 192 g/mol. The van der Waals surface area contributed by atoms with Gasteiger partial charge in [-0.1, -0.05) is 0 Å². The van der Waals surface area contributed by atoms with Crippen molar-refractivity contribution in [2.24, 2.45) is 5.73 Å². The Balaban J connectivity index is 1.99. The molecule has 1 saturated carbocycles. The van der Waals surface area contributed by atoms with Crippen LogP contribution in [0.4, 0.5) is 5.82 Å². The van der Waals surface area contributed by atoms with Gasteiger partial charge in [0, 0.05) is 30.3 Å². The summed E-state index contributed by atoms with van der Waals surface area (Å²) in [6.45, 7) is 2.72. The molecular formula is C10H16N4. The highest BCUT2D eigenvalue weighted by atomic mass is 15.0. The molecule has 1 fully saturated rings. The van der Waals surface area contributed by atoms with Gasteiger partial charge < -0.3 is 11.1 Å². The van der Waals surface area contributed by atoms with Gasteiger partial charge in [0.05, 0.1) is 0 Å². The summed E-state index contributed by atoms with van der Waals surface area (Å²) in [4.78, 5) is 8.39. The summed E-state index contributed by atoms with van der Waals surface area (Å²) >= 11 is 0. The Bertz CT molecular complexity index is 307. The normalized spacial score (nSPS) is 17.9. The first-order valence-corrected chi connectivity index (χ1v) is 5.07. The van der Waals surface area contributed by atoms with Crippen molar-refractivity contribution in [1.29, 1.82) is 0 Å². The third-order valence-electron chi connectivity index (χ3n) is 2.29. The highest BCUT2D eigenvalue weighted by molar-refractivity contribution is 5.36. The molecule has 1 heterocycles. The van der Waals surface area contributed by atoms with E-state index in [2.05, 4.69) is 15.3 Å². The van der Waals surface area contributed by atoms with Gasteiger partial charge in [0.15, 0.2) is 0 Å². The van der Waals surface area contributed by atoms with Crippen molar-refractivity contribution >= 4 is 5.82 Å². The molecule has 4 nitrogen and oxygen atoms in total. The highest BCUT2D eigenvalue weighted by Crippen LogP contribution is 2.39. The maximum absolute atomic E-state index is 5.64. The number of anilines is 1. The molecule has 4 heteroatoms. The molecule has 0 radical (unpaired) electrons. The molecule has 1 aromatic heterocycles. The summed E-state index contributed by atoms with van der Waals surface area (Å²) in [5, 5.41) is 3.19. The number of hydrogen-bond donors (Lipinski definition) is 2. The van der Waals surface area contributed by atoms with E-state index in [4.69, 9.17) is 5.73 Å². The monoisotopic (exact) mass is 192 g/mol. The van der Waals surface area contributed by atoms with Gasteiger partial charge in [0.1, 0.15) is 12.1 Å². The largest absolute Gasteiger partial charge is 0.368 e. The van der Waals surface area contributed by atoms with E-state index in [9.17, 15) is 0 Å². The fraction of sp³-hybridized carbons (Fsp3) is 0.600. The number of nitrogens with two attached hydrogens (primary N) is 1. The summed E-state index contributed by atoms with van der Waals surface area (Å²) in [6.07, 6.45) is 4.16. The van der Waals surface area contributed by atoms with Crippen molar-refractivity contribution in [3.8, 4) is 0 Å². The molecule has 2 rings (SSSR count). The smallest absolute Gasteiger partial charge is 0.129 e. The molecular weight excluding hydrogens is 176 g/mol. The third kappa shape index (κ3) is 2.42. The maximum atomic E-state index is 5.64. The van der Waals surface area contributed by atoms with Crippen LogP contribution >= 0.6 is 0 Å². The zero-order valence-electron chi connectivity index (χ0n) is 8.40. The predicted molar refractivity (Wildman–Crippen MR) is 56.1 cm³/mol. The second-order valence-electron chi connectivity index (χ2n) is 3.96. The molecule has 0 aromatic carbocycles. The van der Waals surface area contributed by atoms with Crippen LogP contribution in [0.5, 0.6) is 0 Å². The van der Waals surface area contributed by atoms with Gasteiger partial charge in [-0.25, -0.2) is 9.97 Å². The first kappa shape index (κ1) is 9.40. The minimum atomic E-state index is 0.148. The van der Waals surface area contributed by atoms with E-state index in [1.807, 2.05) is 13.0 Å². The van der Waals surface area contributed by atoms with Crippen molar-refractivity contribution in [2.45, 2.75) is 31.7 Å². The molecule has 0 aliphatic heterocycles. The van der Waals surface area contributed by atoms with Crippen molar-refractivity contribution in [1.82, 2.24) is 9.97 Å². The van der Waals surface area contributed by atoms with E-state index in [-0.39, 0.29) is 6.04 Å². The minimum absolute atomic E-state index is 0.148. The number of hydrogen-bond acceptors (Lipinski definition) is 4. The quantitative estimate of drug-likeness (QED) is 0.750. The van der Waals surface area contributed by atoms with Crippen molar-refractivity contribution in [2.75, 3.05) is 11.9 Å². The third-order valence-corrected chi connectivity index (χ3v) is 2.29. The van der Waals surface area contributed by atoms with Gasteiger partial charge in [-0.05, 0) is 19.8 Å². The fourth-order valence-corrected chi connectivity index (χ4v) is 1.34. The van der Waals surface area contributed by atoms with Crippen molar-refractivity contribution in [3.05, 3.63) is 18.1 Å². The lowest BCUT2D eigenvalue weighted by atomic mass is 10.3. The molecule has 3 N–H and O–H groups in total. The summed E-state index contributed by atoms with van der Waals surface area (Å²) < 4.78 is 0. The van der Waals surface area contributed by atoms with Crippen LogP contribution in [-0.2, 0) is 0 Å². The Morgan fingerprint density at radius 1 is 1.57 bits per heavy atom. The van der Waals surface area contributed by atoms with Gasteiger partial charge in [-0.15, -0.1) is 0 Å². The van der Waals surface area contributed by atoms with Crippen LogP contribution < -0.4 is 11.1 Å². The molecule has 1 aliphatic rings. The lowest BCUT2D eigenvalue weighted by Gasteiger charge is -2.08. The molecule has 1 aromatic rings. The molecule has 0 bridgehead atoms. The maximum Gasteiger partial charge on any atom is 0.129 e. The Morgan fingerprint density at radius 3 is 3.00 bits per heavy atom. The van der Waals surface area contributed by atoms with Gasteiger partial charge in [-0.2, -0.15) is 0 Å². The van der Waals surface area contributed by atoms with E-state index in [0.717, 1.165) is 18.1 Å². The lowest BCUT2D eigenvalue weighted by Crippen LogP contribution is -2.25.